The van der Waals surface area contributed by atoms with E-state index < -0.39 is 0 Å². The average Bonchev–Trinajstić information content (AvgIpc) is 3.34. The fourth-order valence-electron chi connectivity index (χ4n) is 2.95. The number of rotatable bonds is 8. The number of aryl methyl sites for hydroxylation is 1. The molecule has 0 saturated heterocycles. The predicted octanol–water partition coefficient (Wildman–Crippen LogP) is 1.47. The van der Waals surface area contributed by atoms with E-state index in [0.29, 0.717) is 12.6 Å². The summed E-state index contributed by atoms with van der Waals surface area (Å²) < 4.78 is 1.92. The van der Waals surface area contributed by atoms with Crippen LogP contribution in [0.25, 0.3) is 0 Å². The summed E-state index contributed by atoms with van der Waals surface area (Å²) in [5.74, 6) is 1.65. The van der Waals surface area contributed by atoms with Crippen LogP contribution in [-0.4, -0.2) is 34.3 Å². The zero-order chi connectivity index (χ0) is 14.8. The second kappa shape index (κ2) is 6.18. The van der Waals surface area contributed by atoms with Crippen molar-refractivity contribution in [2.45, 2.75) is 58.2 Å². The number of carbonyl (C=O) groups excluding carboxylic acids is 1. The van der Waals surface area contributed by atoms with Crippen LogP contribution >= 0.6 is 0 Å². The Morgan fingerprint density at radius 1 is 1.38 bits per heavy atom. The highest BCUT2D eigenvalue weighted by molar-refractivity contribution is 5.78. The van der Waals surface area contributed by atoms with Gasteiger partial charge in [0.25, 0.3) is 0 Å². The summed E-state index contributed by atoms with van der Waals surface area (Å²) in [6.45, 7) is 5.31. The molecule has 0 bridgehead atoms. The summed E-state index contributed by atoms with van der Waals surface area (Å²) in [6.07, 6.45) is 9.06. The molecule has 116 valence electrons. The molecular formula is C16H26N4O. The molecule has 1 aromatic rings. The molecule has 3 rings (SSSR count). The monoisotopic (exact) mass is 290 g/mol. The fourth-order valence-corrected chi connectivity index (χ4v) is 2.95. The van der Waals surface area contributed by atoms with Crippen molar-refractivity contribution < 1.29 is 4.79 Å². The molecule has 0 aliphatic heterocycles. The van der Waals surface area contributed by atoms with Crippen LogP contribution in [0.4, 0.5) is 0 Å². The highest BCUT2D eigenvalue weighted by Crippen LogP contribution is 2.44. The third kappa shape index (κ3) is 4.30. The Morgan fingerprint density at radius 3 is 2.57 bits per heavy atom. The summed E-state index contributed by atoms with van der Waals surface area (Å²) in [5.41, 5.74) is 1.16. The zero-order valence-corrected chi connectivity index (χ0v) is 13.0. The molecule has 1 amide bonds. The van der Waals surface area contributed by atoms with Gasteiger partial charge in [0, 0.05) is 18.3 Å². The lowest BCUT2D eigenvalue weighted by Gasteiger charge is -2.19. The molecule has 1 unspecified atom stereocenters. The van der Waals surface area contributed by atoms with Crippen LogP contribution in [0.5, 0.6) is 0 Å². The van der Waals surface area contributed by atoms with Gasteiger partial charge in [0.1, 0.15) is 0 Å². The van der Waals surface area contributed by atoms with Gasteiger partial charge in [-0.1, -0.05) is 0 Å². The SMILES string of the molecule is Cc1cnn(CC(C)NCC(=O)NC(C2CC2)C2CC2)c1. The first kappa shape index (κ1) is 14.6. The Hall–Kier alpha value is -1.36. The van der Waals surface area contributed by atoms with Crippen LogP contribution in [0.15, 0.2) is 12.4 Å². The second-order valence-electron chi connectivity index (χ2n) is 6.79. The van der Waals surface area contributed by atoms with Crippen LogP contribution < -0.4 is 10.6 Å². The lowest BCUT2D eigenvalue weighted by atomic mass is 10.1. The van der Waals surface area contributed by atoms with Gasteiger partial charge >= 0.3 is 0 Å². The van der Waals surface area contributed by atoms with Crippen molar-refractivity contribution in [1.82, 2.24) is 20.4 Å². The molecule has 0 radical (unpaired) electrons. The van der Waals surface area contributed by atoms with Crippen molar-refractivity contribution in [1.29, 1.82) is 0 Å². The summed E-state index contributed by atoms with van der Waals surface area (Å²) in [4.78, 5) is 12.1. The highest BCUT2D eigenvalue weighted by atomic mass is 16.2. The molecule has 2 aliphatic rings. The molecule has 2 saturated carbocycles. The lowest BCUT2D eigenvalue weighted by Crippen LogP contribution is -2.45. The van der Waals surface area contributed by atoms with Crippen molar-refractivity contribution in [2.75, 3.05) is 6.54 Å². The molecule has 1 heterocycles. The van der Waals surface area contributed by atoms with Crippen LogP contribution in [-0.2, 0) is 11.3 Å². The molecule has 21 heavy (non-hydrogen) atoms. The molecule has 2 N–H and O–H groups in total. The van der Waals surface area contributed by atoms with Crippen molar-refractivity contribution >= 4 is 5.91 Å². The van der Waals surface area contributed by atoms with Crippen molar-refractivity contribution in [3.8, 4) is 0 Å². The van der Waals surface area contributed by atoms with Crippen molar-refractivity contribution in [3.63, 3.8) is 0 Å². The van der Waals surface area contributed by atoms with Crippen LogP contribution in [0.2, 0.25) is 0 Å². The second-order valence-corrected chi connectivity index (χ2v) is 6.79. The normalized spacial score (nSPS) is 19.8. The number of hydrogen-bond acceptors (Lipinski definition) is 3. The van der Waals surface area contributed by atoms with E-state index >= 15 is 0 Å². The highest BCUT2D eigenvalue weighted by Gasteiger charge is 2.42. The molecular weight excluding hydrogens is 264 g/mol. The van der Waals surface area contributed by atoms with Crippen LogP contribution in [0.1, 0.15) is 38.2 Å². The van der Waals surface area contributed by atoms with Gasteiger partial charge in [-0.3, -0.25) is 9.48 Å². The summed E-state index contributed by atoms with van der Waals surface area (Å²) >= 11 is 0. The third-order valence-electron chi connectivity index (χ3n) is 4.42. The van der Waals surface area contributed by atoms with Gasteiger partial charge < -0.3 is 10.6 Å². The zero-order valence-electron chi connectivity index (χ0n) is 13.0. The maximum atomic E-state index is 12.1. The maximum Gasteiger partial charge on any atom is 0.234 e. The molecule has 2 fully saturated rings. The number of hydrogen-bond donors (Lipinski definition) is 2. The van der Waals surface area contributed by atoms with Crippen LogP contribution in [0, 0.1) is 18.8 Å². The van der Waals surface area contributed by atoms with E-state index in [9.17, 15) is 4.79 Å². The van der Waals surface area contributed by atoms with Gasteiger partial charge in [0.15, 0.2) is 0 Å². The van der Waals surface area contributed by atoms with E-state index in [1.807, 2.05) is 24.0 Å². The predicted molar refractivity (Wildman–Crippen MR) is 81.8 cm³/mol. The van der Waals surface area contributed by atoms with Gasteiger partial charge in [0.2, 0.25) is 5.91 Å². The molecule has 2 aliphatic carbocycles. The molecule has 0 spiro atoms. The number of carbonyl (C=O) groups is 1. The van der Waals surface area contributed by atoms with Crippen molar-refractivity contribution in [3.05, 3.63) is 18.0 Å². The molecule has 5 nitrogen and oxygen atoms in total. The molecule has 0 aromatic carbocycles. The minimum Gasteiger partial charge on any atom is -0.352 e. The minimum atomic E-state index is 0.141. The van der Waals surface area contributed by atoms with Gasteiger partial charge in [-0.2, -0.15) is 5.10 Å². The van der Waals surface area contributed by atoms with E-state index in [1.54, 1.807) is 0 Å². The van der Waals surface area contributed by atoms with E-state index in [0.717, 1.165) is 23.9 Å². The largest absolute Gasteiger partial charge is 0.352 e. The summed E-state index contributed by atoms with van der Waals surface area (Å²) in [5, 5.41) is 10.8. The first-order valence-corrected chi connectivity index (χ1v) is 8.13. The van der Waals surface area contributed by atoms with Crippen LogP contribution in [0.3, 0.4) is 0 Å². The summed E-state index contributed by atoms with van der Waals surface area (Å²) in [7, 11) is 0. The molecule has 5 heteroatoms. The van der Waals surface area contributed by atoms with E-state index in [2.05, 4.69) is 22.7 Å². The molecule has 1 atom stereocenters. The Balaban J connectivity index is 1.38. The Bertz CT molecular complexity index is 478. The standard InChI is InChI=1S/C16H26N4O/c1-11-7-18-20(9-11)10-12(2)17-8-15(21)19-16(13-3-4-13)14-5-6-14/h7,9,12-14,16-17H,3-6,8,10H2,1-2H3,(H,19,21). The Morgan fingerprint density at radius 2 is 2.05 bits per heavy atom. The Labute approximate surface area is 126 Å². The average molecular weight is 290 g/mol. The quantitative estimate of drug-likeness (QED) is 0.762. The number of nitrogens with one attached hydrogen (secondary N) is 2. The first-order valence-electron chi connectivity index (χ1n) is 8.13. The maximum absolute atomic E-state index is 12.1. The van der Waals surface area contributed by atoms with Gasteiger partial charge in [-0.05, 0) is 56.9 Å². The molecule has 1 aromatic heterocycles. The lowest BCUT2D eigenvalue weighted by molar-refractivity contribution is -0.121. The number of nitrogens with zero attached hydrogens (tertiary/aromatic N) is 2. The first-order chi connectivity index (χ1) is 10.1. The van der Waals surface area contributed by atoms with Gasteiger partial charge in [0.05, 0.1) is 19.3 Å². The fraction of sp³-hybridized carbons (Fsp3) is 0.750. The number of aromatic nitrogens is 2. The topological polar surface area (TPSA) is 59.0 Å². The van der Waals surface area contributed by atoms with Crippen molar-refractivity contribution in [2.24, 2.45) is 11.8 Å². The smallest absolute Gasteiger partial charge is 0.234 e. The minimum absolute atomic E-state index is 0.141. The van der Waals surface area contributed by atoms with Gasteiger partial charge in [-0.25, -0.2) is 0 Å². The van der Waals surface area contributed by atoms with Gasteiger partial charge in [-0.15, -0.1) is 0 Å². The van der Waals surface area contributed by atoms with E-state index in [-0.39, 0.29) is 11.9 Å². The van der Waals surface area contributed by atoms with E-state index in [1.165, 1.54) is 25.7 Å². The van der Waals surface area contributed by atoms with E-state index in [4.69, 9.17) is 0 Å². The number of amides is 1. The summed E-state index contributed by atoms with van der Waals surface area (Å²) in [6, 6.07) is 0.679. The third-order valence-corrected chi connectivity index (χ3v) is 4.42. The Kier molecular flexibility index (Phi) is 4.29.